The number of carbonyl (C=O) groups is 1. The summed E-state index contributed by atoms with van der Waals surface area (Å²) in [6.45, 7) is 0. The van der Waals surface area contributed by atoms with Crippen LogP contribution in [0.5, 0.6) is 0 Å². The van der Waals surface area contributed by atoms with Crippen molar-refractivity contribution in [3.63, 3.8) is 0 Å². The first-order valence-electron chi connectivity index (χ1n) is 3.96. The number of aromatic nitrogens is 3. The molecule has 0 bridgehead atoms. The number of aromatic amines is 1. The summed E-state index contributed by atoms with van der Waals surface area (Å²) >= 11 is 0. The SMILES string of the molecule is O=C(O)c1ncccc1-c1cn[nH]c1. The Morgan fingerprint density at radius 1 is 1.50 bits per heavy atom. The lowest BCUT2D eigenvalue weighted by Crippen LogP contribution is -2.01. The summed E-state index contributed by atoms with van der Waals surface area (Å²) < 4.78 is 0. The van der Waals surface area contributed by atoms with Gasteiger partial charge < -0.3 is 5.11 Å². The first kappa shape index (κ1) is 8.43. The van der Waals surface area contributed by atoms with Gasteiger partial charge in [-0.05, 0) is 6.07 Å². The molecule has 0 radical (unpaired) electrons. The smallest absolute Gasteiger partial charge is 0.355 e. The molecule has 0 aliphatic rings. The van der Waals surface area contributed by atoms with Gasteiger partial charge in [-0.25, -0.2) is 9.78 Å². The van der Waals surface area contributed by atoms with Crippen molar-refractivity contribution < 1.29 is 9.90 Å². The molecule has 2 aromatic heterocycles. The van der Waals surface area contributed by atoms with Crippen LogP contribution in [-0.2, 0) is 0 Å². The lowest BCUT2D eigenvalue weighted by molar-refractivity contribution is 0.0691. The second kappa shape index (κ2) is 3.29. The van der Waals surface area contributed by atoms with Gasteiger partial charge in [0, 0.05) is 23.5 Å². The number of carboxylic acid groups (broad SMARTS) is 1. The van der Waals surface area contributed by atoms with Gasteiger partial charge in [0.05, 0.1) is 6.20 Å². The van der Waals surface area contributed by atoms with Gasteiger partial charge in [0.15, 0.2) is 5.69 Å². The van der Waals surface area contributed by atoms with Gasteiger partial charge in [-0.2, -0.15) is 5.10 Å². The fraction of sp³-hybridized carbons (Fsp3) is 0. The molecule has 5 nitrogen and oxygen atoms in total. The topological polar surface area (TPSA) is 78.9 Å². The summed E-state index contributed by atoms with van der Waals surface area (Å²) in [5, 5.41) is 15.2. The van der Waals surface area contributed by atoms with E-state index in [2.05, 4.69) is 15.2 Å². The van der Waals surface area contributed by atoms with Gasteiger partial charge in [-0.3, -0.25) is 5.10 Å². The molecule has 0 fully saturated rings. The van der Waals surface area contributed by atoms with Crippen molar-refractivity contribution >= 4 is 5.97 Å². The van der Waals surface area contributed by atoms with Crippen LogP contribution in [0.15, 0.2) is 30.7 Å². The average molecular weight is 189 g/mol. The molecule has 0 amide bonds. The third kappa shape index (κ3) is 1.35. The Kier molecular flexibility index (Phi) is 1.98. The minimum atomic E-state index is -1.04. The number of pyridine rings is 1. The minimum absolute atomic E-state index is 0.0360. The third-order valence-electron chi connectivity index (χ3n) is 1.82. The number of nitrogens with zero attached hydrogens (tertiary/aromatic N) is 2. The number of hydrogen-bond donors (Lipinski definition) is 2. The van der Waals surface area contributed by atoms with E-state index >= 15 is 0 Å². The van der Waals surface area contributed by atoms with Crippen LogP contribution in [0, 0.1) is 0 Å². The zero-order valence-electron chi connectivity index (χ0n) is 7.14. The van der Waals surface area contributed by atoms with Gasteiger partial charge in [0.1, 0.15) is 0 Å². The molecular weight excluding hydrogens is 182 g/mol. The highest BCUT2D eigenvalue weighted by Gasteiger charge is 2.12. The molecule has 2 aromatic rings. The maximum atomic E-state index is 10.8. The molecule has 0 aromatic carbocycles. The molecule has 2 N–H and O–H groups in total. The van der Waals surface area contributed by atoms with Crippen molar-refractivity contribution in [1.82, 2.24) is 15.2 Å². The molecule has 0 saturated carbocycles. The molecule has 2 heterocycles. The summed E-state index contributed by atoms with van der Waals surface area (Å²) in [5.41, 5.74) is 1.32. The highest BCUT2D eigenvalue weighted by molar-refractivity contribution is 5.93. The van der Waals surface area contributed by atoms with Crippen molar-refractivity contribution in [2.24, 2.45) is 0 Å². The van der Waals surface area contributed by atoms with E-state index in [9.17, 15) is 4.79 Å². The number of nitrogens with one attached hydrogen (secondary N) is 1. The summed E-state index contributed by atoms with van der Waals surface area (Å²) in [4.78, 5) is 14.6. The van der Waals surface area contributed by atoms with Crippen LogP contribution in [0.4, 0.5) is 0 Å². The van der Waals surface area contributed by atoms with Crippen LogP contribution in [0.1, 0.15) is 10.5 Å². The predicted molar refractivity (Wildman–Crippen MR) is 48.8 cm³/mol. The summed E-state index contributed by atoms with van der Waals surface area (Å²) in [6, 6.07) is 3.38. The predicted octanol–water partition coefficient (Wildman–Crippen LogP) is 1.17. The average Bonchev–Trinajstić information content (AvgIpc) is 2.70. The molecule has 0 aliphatic carbocycles. The standard InChI is InChI=1S/C9H7N3O2/c13-9(14)8-7(2-1-3-10-8)6-4-11-12-5-6/h1-5H,(H,11,12)(H,13,14). The van der Waals surface area contributed by atoms with E-state index in [1.807, 2.05) is 0 Å². The first-order chi connectivity index (χ1) is 6.79. The fourth-order valence-electron chi connectivity index (χ4n) is 1.21. The Morgan fingerprint density at radius 3 is 3.00 bits per heavy atom. The van der Waals surface area contributed by atoms with Gasteiger partial charge in [-0.1, -0.05) is 6.07 Å². The van der Waals surface area contributed by atoms with E-state index in [-0.39, 0.29) is 5.69 Å². The molecule has 0 atom stereocenters. The van der Waals surface area contributed by atoms with Crippen LogP contribution >= 0.6 is 0 Å². The number of aromatic carboxylic acids is 1. The first-order valence-corrected chi connectivity index (χ1v) is 3.96. The van der Waals surface area contributed by atoms with Crippen molar-refractivity contribution in [3.8, 4) is 11.1 Å². The fourth-order valence-corrected chi connectivity index (χ4v) is 1.21. The van der Waals surface area contributed by atoms with Gasteiger partial charge in [0.2, 0.25) is 0 Å². The summed E-state index contributed by atoms with van der Waals surface area (Å²) in [7, 11) is 0. The lowest BCUT2D eigenvalue weighted by Gasteiger charge is -2.00. The number of rotatable bonds is 2. The van der Waals surface area contributed by atoms with E-state index in [1.54, 1.807) is 24.5 Å². The lowest BCUT2D eigenvalue weighted by atomic mass is 10.1. The van der Waals surface area contributed by atoms with E-state index in [1.165, 1.54) is 6.20 Å². The van der Waals surface area contributed by atoms with Crippen molar-refractivity contribution in [3.05, 3.63) is 36.4 Å². The summed E-state index contributed by atoms with van der Waals surface area (Å²) in [5.74, 6) is -1.04. The zero-order chi connectivity index (χ0) is 9.97. The Labute approximate surface area is 79.4 Å². The van der Waals surface area contributed by atoms with E-state index in [4.69, 9.17) is 5.11 Å². The molecule has 14 heavy (non-hydrogen) atoms. The Morgan fingerprint density at radius 2 is 2.36 bits per heavy atom. The quantitative estimate of drug-likeness (QED) is 0.743. The Balaban J connectivity index is 2.58. The molecule has 5 heteroatoms. The molecular formula is C9H7N3O2. The van der Waals surface area contributed by atoms with Crippen LogP contribution in [0.25, 0.3) is 11.1 Å². The number of hydrogen-bond acceptors (Lipinski definition) is 3. The van der Waals surface area contributed by atoms with E-state index < -0.39 is 5.97 Å². The minimum Gasteiger partial charge on any atom is -0.476 e. The highest BCUT2D eigenvalue weighted by atomic mass is 16.4. The van der Waals surface area contributed by atoms with Crippen molar-refractivity contribution in [2.45, 2.75) is 0 Å². The van der Waals surface area contributed by atoms with E-state index in [0.29, 0.717) is 5.56 Å². The zero-order valence-corrected chi connectivity index (χ0v) is 7.14. The second-order valence-corrected chi connectivity index (χ2v) is 2.69. The highest BCUT2D eigenvalue weighted by Crippen LogP contribution is 2.20. The summed E-state index contributed by atoms with van der Waals surface area (Å²) in [6.07, 6.45) is 4.64. The van der Waals surface area contributed by atoms with Gasteiger partial charge in [-0.15, -0.1) is 0 Å². The largest absolute Gasteiger partial charge is 0.476 e. The van der Waals surface area contributed by atoms with Gasteiger partial charge >= 0.3 is 5.97 Å². The molecule has 2 rings (SSSR count). The Bertz CT molecular complexity index is 451. The van der Waals surface area contributed by atoms with Crippen LogP contribution < -0.4 is 0 Å². The van der Waals surface area contributed by atoms with Crippen LogP contribution in [0.3, 0.4) is 0 Å². The number of H-pyrrole nitrogens is 1. The monoisotopic (exact) mass is 189 g/mol. The third-order valence-corrected chi connectivity index (χ3v) is 1.82. The number of carboxylic acids is 1. The maximum Gasteiger partial charge on any atom is 0.355 e. The maximum absolute atomic E-state index is 10.8. The molecule has 0 saturated heterocycles. The molecule has 0 aliphatic heterocycles. The van der Waals surface area contributed by atoms with Gasteiger partial charge in [0.25, 0.3) is 0 Å². The normalized spacial score (nSPS) is 10.0. The van der Waals surface area contributed by atoms with E-state index in [0.717, 1.165) is 5.56 Å². The van der Waals surface area contributed by atoms with Crippen LogP contribution in [-0.4, -0.2) is 26.3 Å². The van der Waals surface area contributed by atoms with Crippen LogP contribution in [0.2, 0.25) is 0 Å². The molecule has 0 unspecified atom stereocenters. The molecule has 0 spiro atoms. The second-order valence-electron chi connectivity index (χ2n) is 2.69. The molecule has 70 valence electrons. The van der Waals surface area contributed by atoms with Crippen molar-refractivity contribution in [1.29, 1.82) is 0 Å². The Hall–Kier alpha value is -2.17. The van der Waals surface area contributed by atoms with Crippen molar-refractivity contribution in [2.75, 3.05) is 0 Å².